The van der Waals surface area contributed by atoms with Crippen LogP contribution >= 0.6 is 12.2 Å². The lowest BCUT2D eigenvalue weighted by atomic mass is 10.0. The van der Waals surface area contributed by atoms with Crippen LogP contribution in [0.4, 0.5) is 5.69 Å². The van der Waals surface area contributed by atoms with Crippen molar-refractivity contribution in [1.29, 1.82) is 0 Å². The number of thiocarbonyl (C=S) groups is 1. The van der Waals surface area contributed by atoms with E-state index < -0.39 is 127 Å². The average Bonchev–Trinajstić information content (AvgIpc) is 3.58. The molecule has 1 heterocycles. The van der Waals surface area contributed by atoms with Crippen molar-refractivity contribution >= 4 is 70.3 Å². The molecule has 0 spiro atoms. The highest BCUT2D eigenvalue weighted by Crippen LogP contribution is 2.21. The normalized spacial score (nSPS) is 19.2. The number of hydrogen-bond donors (Lipinski definition) is 15. The molecule has 0 aromatic heterocycles. The number of aliphatic hydroxyl groups excluding tert-OH is 5. The molecule has 0 aliphatic carbocycles. The zero-order valence-electron chi connectivity index (χ0n) is 33.6. The predicted octanol–water partition coefficient (Wildman–Crippen LogP) is -6.44. The Labute approximate surface area is 355 Å². The van der Waals surface area contributed by atoms with Crippen molar-refractivity contribution in [3.05, 3.63) is 30.3 Å². The summed E-state index contributed by atoms with van der Waals surface area (Å²) < 4.78 is 0. The summed E-state index contributed by atoms with van der Waals surface area (Å²) in [5, 5.41) is 78.3. The lowest BCUT2D eigenvalue weighted by molar-refractivity contribution is -0.147. The standard InChI is InChI=1S/C36H56N10O14S/c1-16(47)25(38)30(54)44-27(18(3)49)34(58)46-13-11-21(50)29(46)33(57)45-28(22(51)14-23(37)52)31(55)40-15-24(53)43-26(17(2)48)32(56)42-20(35(59)60)10-7-12-39-36(61)41-19-8-5-4-6-9-19/h4-6,8-9,16-18,20-22,25-29,47-51H,7,10-15,38H2,1-3H3,(H2,37,52)(H,40,55)(H,42,56)(H,43,53)(H,44,54)(H,45,57)(H,59,60)(H2,39,41,61)/t16-,17-,18-,20+,21+,22-,25-,26-,27+,28+,29+/m1/s1. The van der Waals surface area contributed by atoms with Crippen LogP contribution < -0.4 is 48.7 Å². The van der Waals surface area contributed by atoms with Crippen LogP contribution in [0.3, 0.4) is 0 Å². The maximum atomic E-state index is 13.6. The second kappa shape index (κ2) is 24.6. The van der Waals surface area contributed by atoms with Gasteiger partial charge in [-0.25, -0.2) is 4.79 Å². The molecule has 25 heteroatoms. The number of benzene rings is 1. The molecule has 1 aliphatic rings. The van der Waals surface area contributed by atoms with Gasteiger partial charge in [0.2, 0.25) is 41.4 Å². The quantitative estimate of drug-likeness (QED) is 0.0359. The largest absolute Gasteiger partial charge is 0.480 e. The number of carboxylic acid groups (broad SMARTS) is 1. The van der Waals surface area contributed by atoms with Crippen molar-refractivity contribution in [3.63, 3.8) is 0 Å². The van der Waals surface area contributed by atoms with Crippen molar-refractivity contribution in [2.45, 2.75) is 113 Å². The Morgan fingerprint density at radius 1 is 0.820 bits per heavy atom. The van der Waals surface area contributed by atoms with Gasteiger partial charge < -0.3 is 84.2 Å². The molecular formula is C36H56N10O14S. The topological polar surface area (TPSA) is 397 Å². The van der Waals surface area contributed by atoms with Gasteiger partial charge in [-0.3, -0.25) is 33.6 Å². The van der Waals surface area contributed by atoms with Crippen LogP contribution in [-0.4, -0.2) is 174 Å². The summed E-state index contributed by atoms with van der Waals surface area (Å²) >= 11 is 5.21. The van der Waals surface area contributed by atoms with E-state index in [1.807, 2.05) is 6.07 Å². The molecule has 2 rings (SSSR count). The Morgan fingerprint density at radius 2 is 1.44 bits per heavy atom. The van der Waals surface area contributed by atoms with Crippen LogP contribution in [0.1, 0.15) is 46.5 Å². The third-order valence-corrected chi connectivity index (χ3v) is 9.51. The molecule has 11 atom stereocenters. The van der Waals surface area contributed by atoms with Crippen LogP contribution in [0, 0.1) is 0 Å². The number of primary amides is 1. The molecule has 1 fully saturated rings. The summed E-state index contributed by atoms with van der Waals surface area (Å²) in [5.74, 6) is -9.34. The number of nitrogens with zero attached hydrogens (tertiary/aromatic N) is 1. The molecule has 61 heavy (non-hydrogen) atoms. The number of rotatable bonds is 23. The highest BCUT2D eigenvalue weighted by Gasteiger charge is 2.46. The molecule has 24 nitrogen and oxygen atoms in total. The van der Waals surface area contributed by atoms with E-state index in [2.05, 4.69) is 37.2 Å². The maximum Gasteiger partial charge on any atom is 0.326 e. The van der Waals surface area contributed by atoms with Gasteiger partial charge in [0.25, 0.3) is 0 Å². The fourth-order valence-electron chi connectivity index (χ4n) is 5.91. The van der Waals surface area contributed by atoms with E-state index in [-0.39, 0.29) is 37.5 Å². The molecule has 1 aromatic carbocycles. The summed E-state index contributed by atoms with van der Waals surface area (Å²) in [5.41, 5.74) is 11.5. The van der Waals surface area contributed by atoms with E-state index in [4.69, 9.17) is 23.7 Å². The Bertz CT molecular complexity index is 1720. The van der Waals surface area contributed by atoms with E-state index in [0.29, 0.717) is 0 Å². The number of hydrogen-bond acceptors (Lipinski definition) is 15. The minimum Gasteiger partial charge on any atom is -0.480 e. The molecule has 0 bridgehead atoms. The summed E-state index contributed by atoms with van der Waals surface area (Å²) in [4.78, 5) is 103. The monoisotopic (exact) mass is 884 g/mol. The van der Waals surface area contributed by atoms with Gasteiger partial charge in [0.1, 0.15) is 36.3 Å². The number of nitrogens with two attached hydrogens (primary N) is 2. The SMILES string of the molecule is C[C@@H](O)[C@H](NC(=O)[C@H](N)[C@@H](C)O)C(=O)N1CC[C@H](O)[C@H]1C(=O)N[C@H](C(=O)NCC(=O)N[C@@H](C(=O)N[C@@H](CCCNC(=S)Nc1ccccc1)C(=O)O)[C@@H](C)O)[C@H](O)CC(N)=O. The zero-order chi connectivity index (χ0) is 46.1. The van der Waals surface area contributed by atoms with Crippen LogP contribution in [-0.2, 0) is 38.4 Å². The minimum absolute atomic E-state index is 0.0839. The van der Waals surface area contributed by atoms with Crippen LogP contribution in [0.25, 0.3) is 0 Å². The van der Waals surface area contributed by atoms with Gasteiger partial charge >= 0.3 is 5.97 Å². The lowest BCUT2D eigenvalue weighted by Crippen LogP contribution is -2.63. The van der Waals surface area contributed by atoms with Crippen LogP contribution in [0.5, 0.6) is 0 Å². The van der Waals surface area contributed by atoms with Gasteiger partial charge in [0.05, 0.1) is 43.5 Å². The molecule has 0 saturated carbocycles. The number of aliphatic carboxylic acids is 1. The van der Waals surface area contributed by atoms with Gasteiger partial charge in [0.15, 0.2) is 5.11 Å². The number of amides is 7. The van der Waals surface area contributed by atoms with Crippen molar-refractivity contribution in [1.82, 2.24) is 36.8 Å². The van der Waals surface area contributed by atoms with Crippen LogP contribution in [0.15, 0.2) is 30.3 Å². The van der Waals surface area contributed by atoms with Gasteiger partial charge in [-0.1, -0.05) is 18.2 Å². The average molecular weight is 885 g/mol. The van der Waals surface area contributed by atoms with Crippen molar-refractivity contribution in [2.24, 2.45) is 11.5 Å². The summed E-state index contributed by atoms with van der Waals surface area (Å²) in [6, 6.07) is -1.22. The molecule has 0 unspecified atom stereocenters. The number of para-hydroxylation sites is 1. The van der Waals surface area contributed by atoms with E-state index in [1.165, 1.54) is 6.92 Å². The number of carbonyl (C=O) groups excluding carboxylic acids is 7. The van der Waals surface area contributed by atoms with E-state index >= 15 is 0 Å². The van der Waals surface area contributed by atoms with Gasteiger partial charge in [-0.2, -0.15) is 0 Å². The lowest BCUT2D eigenvalue weighted by Gasteiger charge is -2.32. The molecule has 1 saturated heterocycles. The molecule has 1 aromatic rings. The number of aliphatic hydroxyl groups is 5. The second-order valence-electron chi connectivity index (χ2n) is 14.3. The van der Waals surface area contributed by atoms with Crippen molar-refractivity contribution in [3.8, 4) is 0 Å². The Kier molecular flexibility index (Phi) is 20.8. The highest BCUT2D eigenvalue weighted by atomic mass is 32.1. The third kappa shape index (κ3) is 16.4. The number of anilines is 1. The van der Waals surface area contributed by atoms with E-state index in [1.54, 1.807) is 24.3 Å². The summed E-state index contributed by atoms with van der Waals surface area (Å²) in [6.45, 7) is 2.46. The second-order valence-corrected chi connectivity index (χ2v) is 14.8. The third-order valence-electron chi connectivity index (χ3n) is 9.27. The van der Waals surface area contributed by atoms with Gasteiger partial charge in [-0.15, -0.1) is 0 Å². The highest BCUT2D eigenvalue weighted by molar-refractivity contribution is 7.80. The molecular weight excluding hydrogens is 829 g/mol. The fourth-order valence-corrected chi connectivity index (χ4v) is 6.13. The molecule has 340 valence electrons. The Hall–Kier alpha value is -5.57. The number of carboxylic acids is 1. The predicted molar refractivity (Wildman–Crippen MR) is 217 cm³/mol. The minimum atomic E-state index is -2.06. The Balaban J connectivity index is 2.09. The zero-order valence-corrected chi connectivity index (χ0v) is 34.5. The van der Waals surface area contributed by atoms with Gasteiger partial charge in [0, 0.05) is 18.8 Å². The smallest absolute Gasteiger partial charge is 0.326 e. The van der Waals surface area contributed by atoms with E-state index in [0.717, 1.165) is 24.4 Å². The van der Waals surface area contributed by atoms with Gasteiger partial charge in [-0.05, 0) is 64.4 Å². The Morgan fingerprint density at radius 3 is 2.00 bits per heavy atom. The first-order valence-electron chi connectivity index (χ1n) is 19.1. The molecule has 7 amide bonds. The van der Waals surface area contributed by atoms with Crippen molar-refractivity contribution < 1.29 is 69.0 Å². The number of carbonyl (C=O) groups is 8. The fraction of sp³-hybridized carbons (Fsp3) is 0.583. The van der Waals surface area contributed by atoms with E-state index in [9.17, 15) is 69.0 Å². The number of nitrogens with one attached hydrogen (secondary N) is 7. The molecule has 17 N–H and O–H groups in total. The first kappa shape index (κ1) is 51.6. The first-order valence-corrected chi connectivity index (χ1v) is 19.5. The number of likely N-dealkylation sites (tertiary alicyclic amines) is 1. The maximum absolute atomic E-state index is 13.6. The summed E-state index contributed by atoms with van der Waals surface area (Å²) in [6.07, 6.45) is -9.05. The van der Waals surface area contributed by atoms with Crippen LogP contribution in [0.2, 0.25) is 0 Å². The van der Waals surface area contributed by atoms with Crippen molar-refractivity contribution in [2.75, 3.05) is 25.0 Å². The summed E-state index contributed by atoms with van der Waals surface area (Å²) in [7, 11) is 0. The first-order chi connectivity index (χ1) is 28.5. The molecule has 1 aliphatic heterocycles. The molecule has 0 radical (unpaired) electrons.